The van der Waals surface area contributed by atoms with Gasteiger partial charge in [-0.3, -0.25) is 4.79 Å². The second-order valence-corrected chi connectivity index (χ2v) is 6.79. The van der Waals surface area contributed by atoms with Crippen molar-refractivity contribution in [3.63, 3.8) is 0 Å². The van der Waals surface area contributed by atoms with Crippen molar-refractivity contribution in [1.82, 2.24) is 4.98 Å². The van der Waals surface area contributed by atoms with Crippen LogP contribution in [0.4, 0.5) is 13.2 Å². The van der Waals surface area contributed by atoms with E-state index in [1.807, 2.05) is 0 Å². The number of hydrogen-bond acceptors (Lipinski definition) is 5. The van der Waals surface area contributed by atoms with Gasteiger partial charge in [0.15, 0.2) is 11.6 Å². The number of halogens is 3. The van der Waals surface area contributed by atoms with Gasteiger partial charge < -0.3 is 16.6 Å². The molecule has 9 heteroatoms. The summed E-state index contributed by atoms with van der Waals surface area (Å²) in [6, 6.07) is 7.40. The quantitative estimate of drug-likeness (QED) is 0.550. The van der Waals surface area contributed by atoms with Crippen LogP contribution in [0.15, 0.2) is 42.6 Å². The fourth-order valence-electron chi connectivity index (χ4n) is 2.28. The predicted molar refractivity (Wildman–Crippen MR) is 113 cm³/mol. The van der Waals surface area contributed by atoms with Crippen LogP contribution in [0.1, 0.15) is 30.1 Å². The van der Waals surface area contributed by atoms with Crippen molar-refractivity contribution in [1.29, 1.82) is 0 Å². The zero-order valence-corrected chi connectivity index (χ0v) is 17.5. The van der Waals surface area contributed by atoms with E-state index in [1.54, 1.807) is 0 Å². The molecular formula is C21H24F3N3O2S. The van der Waals surface area contributed by atoms with Gasteiger partial charge in [0.2, 0.25) is 5.91 Å². The summed E-state index contributed by atoms with van der Waals surface area (Å²) in [5, 5.41) is 8.30. The Hall–Kier alpha value is -2.75. The third kappa shape index (κ3) is 6.65. The minimum absolute atomic E-state index is 0.00108. The van der Waals surface area contributed by atoms with Crippen LogP contribution in [0.25, 0.3) is 21.0 Å². The van der Waals surface area contributed by atoms with Crippen LogP contribution in [-0.2, 0) is 0 Å². The summed E-state index contributed by atoms with van der Waals surface area (Å²) in [5.74, 6) is -3.35. The molecule has 0 fully saturated rings. The molecule has 3 rings (SSSR count). The number of rotatable bonds is 5. The van der Waals surface area contributed by atoms with Crippen molar-refractivity contribution >= 4 is 17.2 Å². The Labute approximate surface area is 177 Å². The standard InChI is InChI=1S/C16H9F3N2OS.C4H10O.CH5N/c17-10-5-4-8(6-12(10)19)13-7-21-16(23-13)14-9(15(20)22)2-1-3-11(14)18;1-2-3-4-5;1-2/h1-7H,(H2,20,22);5H,2-4H2,1H3;2H2,1H3. The summed E-state index contributed by atoms with van der Waals surface area (Å²) in [4.78, 5) is 16.0. The van der Waals surface area contributed by atoms with Gasteiger partial charge in [-0.05, 0) is 43.3 Å². The van der Waals surface area contributed by atoms with E-state index >= 15 is 0 Å². The fourth-order valence-corrected chi connectivity index (χ4v) is 3.25. The Morgan fingerprint density at radius 3 is 2.33 bits per heavy atom. The van der Waals surface area contributed by atoms with E-state index in [4.69, 9.17) is 10.8 Å². The maximum absolute atomic E-state index is 14.1. The van der Waals surface area contributed by atoms with Crippen LogP contribution in [-0.4, -0.2) is 29.7 Å². The Bertz CT molecular complexity index is 962. The van der Waals surface area contributed by atoms with Crippen molar-refractivity contribution in [2.75, 3.05) is 13.7 Å². The molecule has 0 saturated carbocycles. The second-order valence-electron chi connectivity index (χ2n) is 5.76. The maximum atomic E-state index is 14.1. The number of benzene rings is 2. The first kappa shape index (κ1) is 25.3. The number of aromatic nitrogens is 1. The van der Waals surface area contributed by atoms with Crippen LogP contribution in [0, 0.1) is 17.5 Å². The molecule has 2 aromatic carbocycles. The summed E-state index contributed by atoms with van der Waals surface area (Å²) in [5.41, 5.74) is 10.2. The van der Waals surface area contributed by atoms with Gasteiger partial charge in [-0.2, -0.15) is 0 Å². The van der Waals surface area contributed by atoms with E-state index in [0.717, 1.165) is 36.3 Å². The summed E-state index contributed by atoms with van der Waals surface area (Å²) in [7, 11) is 1.50. The monoisotopic (exact) mass is 439 g/mol. The average molecular weight is 440 g/mol. The molecular weight excluding hydrogens is 415 g/mol. The van der Waals surface area contributed by atoms with Crippen molar-refractivity contribution in [3.05, 3.63) is 65.6 Å². The summed E-state index contributed by atoms with van der Waals surface area (Å²) < 4.78 is 40.4. The van der Waals surface area contributed by atoms with E-state index < -0.39 is 23.4 Å². The minimum atomic E-state index is -0.985. The average Bonchev–Trinajstić information content (AvgIpc) is 3.22. The highest BCUT2D eigenvalue weighted by Gasteiger charge is 2.18. The molecule has 30 heavy (non-hydrogen) atoms. The predicted octanol–water partition coefficient (Wildman–Crippen LogP) is 4.35. The first-order chi connectivity index (χ1) is 14.4. The van der Waals surface area contributed by atoms with E-state index in [1.165, 1.54) is 37.5 Å². The number of nitrogens with zero attached hydrogens (tertiary/aromatic N) is 1. The smallest absolute Gasteiger partial charge is 0.249 e. The highest BCUT2D eigenvalue weighted by molar-refractivity contribution is 7.18. The van der Waals surface area contributed by atoms with Gasteiger partial charge in [-0.15, -0.1) is 11.3 Å². The molecule has 0 radical (unpaired) electrons. The Balaban J connectivity index is 0.000000565. The number of primary amides is 1. The van der Waals surface area contributed by atoms with Crippen LogP contribution < -0.4 is 11.5 Å². The third-order valence-corrected chi connectivity index (χ3v) is 4.78. The molecule has 0 spiro atoms. The number of carbonyl (C=O) groups excluding carboxylic acids is 1. The number of amides is 1. The molecule has 5 N–H and O–H groups in total. The van der Waals surface area contributed by atoms with Crippen molar-refractivity contribution < 1.29 is 23.1 Å². The molecule has 5 nitrogen and oxygen atoms in total. The number of aliphatic hydroxyl groups is 1. The fraction of sp³-hybridized carbons (Fsp3) is 0.238. The normalized spacial score (nSPS) is 9.83. The van der Waals surface area contributed by atoms with E-state index in [2.05, 4.69) is 17.6 Å². The largest absolute Gasteiger partial charge is 0.396 e. The lowest BCUT2D eigenvalue weighted by molar-refractivity contribution is 0.100. The van der Waals surface area contributed by atoms with Crippen LogP contribution in [0.3, 0.4) is 0 Å². The number of unbranched alkanes of at least 4 members (excludes halogenated alkanes) is 1. The third-order valence-electron chi connectivity index (χ3n) is 3.71. The Morgan fingerprint density at radius 2 is 1.80 bits per heavy atom. The highest BCUT2D eigenvalue weighted by Crippen LogP contribution is 2.35. The second kappa shape index (κ2) is 12.7. The van der Waals surface area contributed by atoms with E-state index in [0.29, 0.717) is 17.0 Å². The molecule has 0 saturated heterocycles. The zero-order valence-electron chi connectivity index (χ0n) is 16.7. The summed E-state index contributed by atoms with van der Waals surface area (Å²) in [6.45, 7) is 2.40. The molecule has 0 atom stereocenters. The maximum Gasteiger partial charge on any atom is 0.249 e. The Kier molecular flexibility index (Phi) is 10.7. The van der Waals surface area contributed by atoms with E-state index in [9.17, 15) is 18.0 Å². The van der Waals surface area contributed by atoms with Crippen molar-refractivity contribution in [2.24, 2.45) is 11.5 Å². The summed E-state index contributed by atoms with van der Waals surface area (Å²) >= 11 is 1.05. The van der Waals surface area contributed by atoms with Gasteiger partial charge in [0.25, 0.3) is 0 Å². The van der Waals surface area contributed by atoms with Gasteiger partial charge >= 0.3 is 0 Å². The minimum Gasteiger partial charge on any atom is -0.396 e. The van der Waals surface area contributed by atoms with Gasteiger partial charge in [0, 0.05) is 12.8 Å². The number of nitrogens with two attached hydrogens (primary N) is 2. The molecule has 162 valence electrons. The number of hydrogen-bond donors (Lipinski definition) is 3. The SMILES string of the molecule is CCCCO.CN.NC(=O)c1cccc(F)c1-c1ncc(-c2ccc(F)c(F)c2)s1. The number of thiazole rings is 1. The molecule has 1 amide bonds. The molecule has 0 aliphatic heterocycles. The van der Waals surface area contributed by atoms with Crippen molar-refractivity contribution in [2.45, 2.75) is 19.8 Å². The lowest BCUT2D eigenvalue weighted by Crippen LogP contribution is -2.13. The molecule has 0 unspecified atom stereocenters. The van der Waals surface area contributed by atoms with Crippen LogP contribution in [0.5, 0.6) is 0 Å². The highest BCUT2D eigenvalue weighted by atomic mass is 32.1. The van der Waals surface area contributed by atoms with Gasteiger partial charge in [-0.1, -0.05) is 25.5 Å². The van der Waals surface area contributed by atoms with Gasteiger partial charge in [0.1, 0.15) is 10.8 Å². The van der Waals surface area contributed by atoms with Gasteiger partial charge in [-0.25, -0.2) is 18.2 Å². The van der Waals surface area contributed by atoms with Crippen LogP contribution >= 0.6 is 11.3 Å². The molecule has 1 aromatic heterocycles. The number of carbonyl (C=O) groups is 1. The molecule has 1 heterocycles. The number of aliphatic hydroxyl groups excluding tert-OH is 1. The van der Waals surface area contributed by atoms with Crippen LogP contribution in [0.2, 0.25) is 0 Å². The lowest BCUT2D eigenvalue weighted by atomic mass is 10.1. The summed E-state index contributed by atoms with van der Waals surface area (Å²) in [6.07, 6.45) is 3.44. The van der Waals surface area contributed by atoms with Crippen molar-refractivity contribution in [3.8, 4) is 21.0 Å². The Morgan fingerprint density at radius 1 is 1.10 bits per heavy atom. The van der Waals surface area contributed by atoms with E-state index in [-0.39, 0.29) is 16.1 Å². The zero-order chi connectivity index (χ0) is 22.7. The van der Waals surface area contributed by atoms with Gasteiger partial charge in [0.05, 0.1) is 16.0 Å². The molecule has 0 aliphatic rings. The molecule has 0 bridgehead atoms. The first-order valence-corrected chi connectivity index (χ1v) is 9.89. The molecule has 3 aromatic rings. The topological polar surface area (TPSA) is 102 Å². The first-order valence-electron chi connectivity index (χ1n) is 9.07. The lowest BCUT2D eigenvalue weighted by Gasteiger charge is -2.04. The molecule has 0 aliphatic carbocycles.